The van der Waals surface area contributed by atoms with Crippen LogP contribution in [0.5, 0.6) is 0 Å². The van der Waals surface area contributed by atoms with Crippen molar-refractivity contribution in [3.8, 4) is 0 Å². The van der Waals surface area contributed by atoms with E-state index in [4.69, 9.17) is 0 Å². The lowest BCUT2D eigenvalue weighted by atomic mass is 9.88. The smallest absolute Gasteiger partial charge is 0.264 e. The molecule has 4 rings (SSSR count). The van der Waals surface area contributed by atoms with E-state index in [2.05, 4.69) is 15.9 Å². The molecule has 1 atom stereocenters. The van der Waals surface area contributed by atoms with E-state index in [-0.39, 0.29) is 12.2 Å². The van der Waals surface area contributed by atoms with Gasteiger partial charge in [0.15, 0.2) is 11.4 Å². The Bertz CT molecular complexity index is 1080. The number of fused-ring (bicyclic) bond motifs is 2. The summed E-state index contributed by atoms with van der Waals surface area (Å²) in [4.78, 5) is 27.4. The van der Waals surface area contributed by atoms with Crippen LogP contribution in [0, 0.1) is 0 Å². The number of hydrogen-bond donors (Lipinski definition) is 1. The van der Waals surface area contributed by atoms with Crippen LogP contribution < -0.4 is 4.90 Å². The number of aliphatic hydroxyl groups is 1. The highest BCUT2D eigenvalue weighted by molar-refractivity contribution is 9.10. The Morgan fingerprint density at radius 2 is 1.81 bits per heavy atom. The lowest BCUT2D eigenvalue weighted by molar-refractivity contribution is -0.135. The molecule has 1 amide bonds. The number of hydrogen-bond acceptors (Lipinski definition) is 3. The maximum atomic E-state index is 12.9. The third-order valence-corrected chi connectivity index (χ3v) is 5.59. The summed E-state index contributed by atoms with van der Waals surface area (Å²) in [6.45, 7) is 2.28. The Morgan fingerprint density at radius 1 is 1.07 bits per heavy atom. The fourth-order valence-electron chi connectivity index (χ4n) is 3.70. The SMILES string of the molecule is CCN1C(=O)C(O)(CC(=O)c2ccc3ccccc3c2)c2cc(Br)ccc21. The maximum Gasteiger partial charge on any atom is 0.264 e. The first-order valence-corrected chi connectivity index (χ1v) is 9.59. The van der Waals surface area contributed by atoms with Gasteiger partial charge in [-0.1, -0.05) is 52.3 Å². The number of carbonyl (C=O) groups is 2. The van der Waals surface area contributed by atoms with Crippen LogP contribution in [0.3, 0.4) is 0 Å². The molecule has 0 bridgehead atoms. The summed E-state index contributed by atoms with van der Waals surface area (Å²) >= 11 is 3.39. The van der Waals surface area contributed by atoms with Crippen molar-refractivity contribution in [3.05, 3.63) is 76.3 Å². The molecule has 0 fully saturated rings. The van der Waals surface area contributed by atoms with E-state index in [1.54, 1.807) is 24.3 Å². The zero-order valence-electron chi connectivity index (χ0n) is 14.8. The van der Waals surface area contributed by atoms with Crippen molar-refractivity contribution in [2.45, 2.75) is 18.9 Å². The Labute approximate surface area is 165 Å². The van der Waals surface area contributed by atoms with Gasteiger partial charge in [-0.2, -0.15) is 0 Å². The van der Waals surface area contributed by atoms with Crippen LogP contribution in [-0.2, 0) is 10.4 Å². The monoisotopic (exact) mass is 423 g/mol. The van der Waals surface area contributed by atoms with Crippen LogP contribution in [0.15, 0.2) is 65.1 Å². The van der Waals surface area contributed by atoms with Gasteiger partial charge in [-0.05, 0) is 42.0 Å². The number of anilines is 1. The van der Waals surface area contributed by atoms with Crippen molar-refractivity contribution >= 4 is 44.1 Å². The quantitative estimate of drug-likeness (QED) is 0.631. The molecule has 4 nitrogen and oxygen atoms in total. The first-order chi connectivity index (χ1) is 12.9. The number of amides is 1. The predicted molar refractivity (Wildman–Crippen MR) is 109 cm³/mol. The molecular weight excluding hydrogens is 406 g/mol. The summed E-state index contributed by atoms with van der Waals surface area (Å²) in [6.07, 6.45) is -0.288. The van der Waals surface area contributed by atoms with Gasteiger partial charge in [-0.15, -0.1) is 0 Å². The van der Waals surface area contributed by atoms with E-state index in [0.717, 1.165) is 15.2 Å². The summed E-state index contributed by atoms with van der Waals surface area (Å²) in [5.41, 5.74) is -0.239. The van der Waals surface area contributed by atoms with Crippen LogP contribution in [-0.4, -0.2) is 23.3 Å². The van der Waals surface area contributed by atoms with Crippen LogP contribution in [0.1, 0.15) is 29.3 Å². The van der Waals surface area contributed by atoms with E-state index in [1.807, 2.05) is 43.3 Å². The molecular formula is C22H18BrNO3. The standard InChI is InChI=1S/C22H18BrNO3/c1-2-24-19-10-9-17(23)12-18(19)22(27,21(24)26)13-20(25)16-8-7-14-5-3-4-6-15(14)11-16/h3-12,27H,2,13H2,1H3. The van der Waals surface area contributed by atoms with Crippen molar-refractivity contribution in [3.63, 3.8) is 0 Å². The average Bonchev–Trinajstić information content (AvgIpc) is 2.88. The number of likely N-dealkylation sites (N-methyl/N-ethyl adjacent to an activating group) is 1. The van der Waals surface area contributed by atoms with Gasteiger partial charge in [0, 0.05) is 22.1 Å². The van der Waals surface area contributed by atoms with Gasteiger partial charge in [0.2, 0.25) is 0 Å². The second-order valence-corrected chi connectivity index (χ2v) is 7.65. The molecule has 0 saturated heterocycles. The highest BCUT2D eigenvalue weighted by Crippen LogP contribution is 2.44. The molecule has 0 saturated carbocycles. The number of rotatable bonds is 4. The van der Waals surface area contributed by atoms with Crippen LogP contribution in [0.2, 0.25) is 0 Å². The van der Waals surface area contributed by atoms with Crippen molar-refractivity contribution < 1.29 is 14.7 Å². The van der Waals surface area contributed by atoms with Gasteiger partial charge < -0.3 is 10.0 Å². The van der Waals surface area contributed by atoms with Crippen molar-refractivity contribution in [1.82, 2.24) is 0 Å². The lowest BCUT2D eigenvalue weighted by Gasteiger charge is -2.22. The number of ketones is 1. The molecule has 0 aromatic heterocycles. The van der Waals surface area contributed by atoms with Crippen molar-refractivity contribution in [2.75, 3.05) is 11.4 Å². The molecule has 3 aromatic carbocycles. The summed E-state index contributed by atoms with van der Waals surface area (Å²) < 4.78 is 0.753. The first-order valence-electron chi connectivity index (χ1n) is 8.80. The summed E-state index contributed by atoms with van der Waals surface area (Å²) in [6, 6.07) is 18.5. The van der Waals surface area contributed by atoms with Gasteiger partial charge in [-0.3, -0.25) is 9.59 Å². The van der Waals surface area contributed by atoms with E-state index in [9.17, 15) is 14.7 Å². The Hall–Kier alpha value is -2.50. The molecule has 136 valence electrons. The minimum Gasteiger partial charge on any atom is -0.375 e. The van der Waals surface area contributed by atoms with Gasteiger partial charge in [-0.25, -0.2) is 0 Å². The number of benzene rings is 3. The Balaban J connectivity index is 1.73. The summed E-state index contributed by atoms with van der Waals surface area (Å²) in [5, 5.41) is 13.2. The van der Waals surface area contributed by atoms with E-state index in [1.165, 1.54) is 4.90 Å². The topological polar surface area (TPSA) is 57.6 Å². The molecule has 0 spiro atoms. The Kier molecular flexibility index (Phi) is 4.36. The molecule has 1 N–H and O–H groups in total. The molecule has 3 aromatic rings. The van der Waals surface area contributed by atoms with Crippen molar-refractivity contribution in [1.29, 1.82) is 0 Å². The van der Waals surface area contributed by atoms with Crippen LogP contribution in [0.4, 0.5) is 5.69 Å². The highest BCUT2D eigenvalue weighted by atomic mass is 79.9. The van der Waals surface area contributed by atoms with E-state index in [0.29, 0.717) is 23.4 Å². The van der Waals surface area contributed by atoms with E-state index < -0.39 is 11.5 Å². The first kappa shape index (κ1) is 17.9. The van der Waals surface area contributed by atoms with Gasteiger partial charge >= 0.3 is 0 Å². The fraction of sp³-hybridized carbons (Fsp3) is 0.182. The second-order valence-electron chi connectivity index (χ2n) is 6.73. The zero-order chi connectivity index (χ0) is 19.2. The highest BCUT2D eigenvalue weighted by Gasteiger charge is 2.50. The van der Waals surface area contributed by atoms with Gasteiger partial charge in [0.1, 0.15) is 0 Å². The molecule has 1 heterocycles. The molecule has 1 unspecified atom stereocenters. The molecule has 1 aliphatic rings. The van der Waals surface area contributed by atoms with Crippen LogP contribution >= 0.6 is 15.9 Å². The number of halogens is 1. The number of Topliss-reactive ketones (excluding diaryl/α,β-unsaturated/α-hetero) is 1. The predicted octanol–water partition coefficient (Wildman–Crippen LogP) is 4.43. The summed E-state index contributed by atoms with van der Waals surface area (Å²) in [5.74, 6) is -0.715. The molecule has 5 heteroatoms. The number of carbonyl (C=O) groups excluding carboxylic acids is 2. The minimum absolute atomic E-state index is 0.263. The maximum absolute atomic E-state index is 12.9. The molecule has 0 radical (unpaired) electrons. The molecule has 27 heavy (non-hydrogen) atoms. The number of nitrogens with zero attached hydrogens (tertiary/aromatic N) is 1. The van der Waals surface area contributed by atoms with Crippen LogP contribution in [0.25, 0.3) is 10.8 Å². The fourth-order valence-corrected chi connectivity index (χ4v) is 4.07. The lowest BCUT2D eigenvalue weighted by Crippen LogP contribution is -2.41. The molecule has 1 aliphatic heterocycles. The Morgan fingerprint density at radius 3 is 2.56 bits per heavy atom. The average molecular weight is 424 g/mol. The van der Waals surface area contributed by atoms with Gasteiger partial charge in [0.05, 0.1) is 12.1 Å². The third kappa shape index (κ3) is 2.87. The minimum atomic E-state index is -1.85. The summed E-state index contributed by atoms with van der Waals surface area (Å²) in [7, 11) is 0. The zero-order valence-corrected chi connectivity index (χ0v) is 16.4. The third-order valence-electron chi connectivity index (χ3n) is 5.10. The normalized spacial score (nSPS) is 18.8. The van der Waals surface area contributed by atoms with E-state index >= 15 is 0 Å². The largest absolute Gasteiger partial charge is 0.375 e. The second kappa shape index (κ2) is 6.59. The van der Waals surface area contributed by atoms with Crippen molar-refractivity contribution in [2.24, 2.45) is 0 Å². The van der Waals surface area contributed by atoms with Gasteiger partial charge in [0.25, 0.3) is 5.91 Å². The molecule has 0 aliphatic carbocycles.